The first-order valence-corrected chi connectivity index (χ1v) is 6.31. The van der Waals surface area contributed by atoms with Crippen LogP contribution in [0.15, 0.2) is 24.7 Å². The topological polar surface area (TPSA) is 42.7 Å². The van der Waals surface area contributed by atoms with Crippen molar-refractivity contribution in [2.45, 2.75) is 33.2 Å². The molecule has 0 bridgehead atoms. The first-order valence-electron chi connectivity index (χ1n) is 6.31. The van der Waals surface area contributed by atoms with Gasteiger partial charge in [-0.25, -0.2) is 4.98 Å². The van der Waals surface area contributed by atoms with Crippen molar-refractivity contribution < 1.29 is 0 Å². The number of aromatic nitrogens is 3. The van der Waals surface area contributed by atoms with Crippen LogP contribution in [0, 0.1) is 13.8 Å². The molecule has 2 aromatic heterocycles. The van der Waals surface area contributed by atoms with E-state index in [-0.39, 0.29) is 0 Å². The van der Waals surface area contributed by atoms with Gasteiger partial charge in [-0.3, -0.25) is 4.98 Å². The van der Waals surface area contributed by atoms with E-state index >= 15 is 0 Å². The van der Waals surface area contributed by atoms with Crippen LogP contribution in [0.1, 0.15) is 36.5 Å². The molecule has 1 N–H and O–H groups in total. The average Bonchev–Trinajstić information content (AvgIpc) is 2.73. The molecule has 0 amide bonds. The van der Waals surface area contributed by atoms with Gasteiger partial charge in [0.05, 0.1) is 29.6 Å². The minimum Gasteiger partial charge on any atom is -0.312 e. The summed E-state index contributed by atoms with van der Waals surface area (Å²) < 4.78 is 2.06. The molecule has 0 aliphatic heterocycles. The summed E-state index contributed by atoms with van der Waals surface area (Å²) in [7, 11) is 1.97. The van der Waals surface area contributed by atoms with Gasteiger partial charge < -0.3 is 9.88 Å². The van der Waals surface area contributed by atoms with Crippen molar-refractivity contribution >= 4 is 0 Å². The summed E-state index contributed by atoms with van der Waals surface area (Å²) in [6, 6.07) is 4.50. The fourth-order valence-corrected chi connectivity index (χ4v) is 2.07. The number of aryl methyl sites for hydroxylation is 1. The molecule has 0 fully saturated rings. The molecule has 0 saturated carbocycles. The van der Waals surface area contributed by atoms with Gasteiger partial charge in [0.15, 0.2) is 0 Å². The van der Waals surface area contributed by atoms with E-state index < -0.39 is 0 Å². The third-order valence-corrected chi connectivity index (χ3v) is 3.41. The second-order valence-electron chi connectivity index (χ2n) is 4.48. The molecular weight excluding hydrogens is 224 g/mol. The number of pyridine rings is 1. The number of hydrogen-bond donors (Lipinski definition) is 1. The van der Waals surface area contributed by atoms with E-state index in [9.17, 15) is 0 Å². The van der Waals surface area contributed by atoms with Crippen molar-refractivity contribution in [3.63, 3.8) is 0 Å². The maximum absolute atomic E-state index is 4.54. The maximum Gasteiger partial charge on any atom is 0.0997 e. The summed E-state index contributed by atoms with van der Waals surface area (Å²) in [5, 5.41) is 3.26. The van der Waals surface area contributed by atoms with E-state index in [0.717, 1.165) is 29.2 Å². The van der Waals surface area contributed by atoms with Gasteiger partial charge in [-0.15, -0.1) is 0 Å². The summed E-state index contributed by atoms with van der Waals surface area (Å²) in [5.41, 5.74) is 4.35. The Labute approximate surface area is 108 Å². The third-order valence-electron chi connectivity index (χ3n) is 3.41. The van der Waals surface area contributed by atoms with Crippen LogP contribution in [-0.4, -0.2) is 21.6 Å². The molecule has 2 rings (SSSR count). The number of hydrogen-bond acceptors (Lipinski definition) is 3. The summed E-state index contributed by atoms with van der Waals surface area (Å²) >= 11 is 0. The van der Waals surface area contributed by atoms with Crippen LogP contribution in [0.25, 0.3) is 5.69 Å². The fraction of sp³-hybridized carbons (Fsp3) is 0.429. The minimum atomic E-state index is 0.324. The zero-order valence-electron chi connectivity index (χ0n) is 11.4. The SMILES string of the molecule is CCC(NC)c1ccc(-n2cnc(C)c2C)cn1. The Morgan fingerprint density at radius 3 is 2.50 bits per heavy atom. The first kappa shape index (κ1) is 12.8. The lowest BCUT2D eigenvalue weighted by Gasteiger charge is -2.13. The van der Waals surface area contributed by atoms with Crippen LogP contribution in [-0.2, 0) is 0 Å². The van der Waals surface area contributed by atoms with E-state index in [0.29, 0.717) is 6.04 Å². The summed E-state index contributed by atoms with van der Waals surface area (Å²) in [5.74, 6) is 0. The molecular formula is C14H20N4. The quantitative estimate of drug-likeness (QED) is 0.898. The third kappa shape index (κ3) is 2.29. The molecule has 2 heterocycles. The van der Waals surface area contributed by atoms with Crippen LogP contribution in [0.2, 0.25) is 0 Å². The van der Waals surface area contributed by atoms with Gasteiger partial charge in [0.1, 0.15) is 0 Å². The van der Waals surface area contributed by atoms with Crippen molar-refractivity contribution in [1.82, 2.24) is 19.9 Å². The van der Waals surface area contributed by atoms with Crippen LogP contribution >= 0.6 is 0 Å². The van der Waals surface area contributed by atoms with E-state index in [1.54, 1.807) is 0 Å². The predicted molar refractivity (Wildman–Crippen MR) is 72.9 cm³/mol. The lowest BCUT2D eigenvalue weighted by Crippen LogP contribution is -2.16. The highest BCUT2D eigenvalue weighted by Crippen LogP contribution is 2.17. The Morgan fingerprint density at radius 2 is 2.06 bits per heavy atom. The fourth-order valence-electron chi connectivity index (χ4n) is 2.07. The van der Waals surface area contributed by atoms with E-state index in [1.807, 2.05) is 26.5 Å². The lowest BCUT2D eigenvalue weighted by molar-refractivity contribution is 0.561. The van der Waals surface area contributed by atoms with Crippen molar-refractivity contribution in [1.29, 1.82) is 0 Å². The molecule has 96 valence electrons. The second-order valence-corrected chi connectivity index (χ2v) is 4.48. The van der Waals surface area contributed by atoms with Gasteiger partial charge in [-0.2, -0.15) is 0 Å². The Morgan fingerprint density at radius 1 is 1.28 bits per heavy atom. The first-order chi connectivity index (χ1) is 8.67. The van der Waals surface area contributed by atoms with Gasteiger partial charge in [0.25, 0.3) is 0 Å². The molecule has 1 unspecified atom stereocenters. The largest absolute Gasteiger partial charge is 0.312 e. The Kier molecular flexibility index (Phi) is 3.77. The average molecular weight is 244 g/mol. The molecule has 4 nitrogen and oxygen atoms in total. The molecule has 1 atom stereocenters. The summed E-state index contributed by atoms with van der Waals surface area (Å²) in [4.78, 5) is 8.84. The normalized spacial score (nSPS) is 12.7. The van der Waals surface area contributed by atoms with Crippen molar-refractivity contribution in [3.8, 4) is 5.69 Å². The molecule has 4 heteroatoms. The van der Waals surface area contributed by atoms with Crippen LogP contribution in [0.4, 0.5) is 0 Å². The van der Waals surface area contributed by atoms with Gasteiger partial charge in [0, 0.05) is 11.7 Å². The highest BCUT2D eigenvalue weighted by Gasteiger charge is 2.09. The van der Waals surface area contributed by atoms with Gasteiger partial charge in [-0.05, 0) is 39.4 Å². The van der Waals surface area contributed by atoms with Crippen molar-refractivity contribution in [2.75, 3.05) is 7.05 Å². The molecule has 0 aromatic carbocycles. The molecule has 0 radical (unpaired) electrons. The number of nitrogens with zero attached hydrogens (tertiary/aromatic N) is 3. The van der Waals surface area contributed by atoms with E-state index in [1.165, 1.54) is 0 Å². The highest BCUT2D eigenvalue weighted by molar-refractivity contribution is 5.33. The van der Waals surface area contributed by atoms with E-state index in [2.05, 4.69) is 45.8 Å². The zero-order chi connectivity index (χ0) is 13.1. The molecule has 0 saturated heterocycles. The Bertz CT molecular complexity index is 509. The van der Waals surface area contributed by atoms with Crippen LogP contribution in [0.3, 0.4) is 0 Å². The predicted octanol–water partition coefficient (Wildman–Crippen LogP) is 2.55. The summed E-state index contributed by atoms with van der Waals surface area (Å²) in [6.07, 6.45) is 4.78. The Hall–Kier alpha value is -1.68. The number of nitrogens with one attached hydrogen (secondary N) is 1. The number of rotatable bonds is 4. The maximum atomic E-state index is 4.54. The van der Waals surface area contributed by atoms with Crippen LogP contribution in [0.5, 0.6) is 0 Å². The molecule has 0 aliphatic carbocycles. The van der Waals surface area contributed by atoms with Gasteiger partial charge in [-0.1, -0.05) is 6.92 Å². The molecule has 0 aliphatic rings. The summed E-state index contributed by atoms with van der Waals surface area (Å²) in [6.45, 7) is 6.24. The molecule has 2 aromatic rings. The van der Waals surface area contributed by atoms with Crippen LogP contribution < -0.4 is 5.32 Å². The smallest absolute Gasteiger partial charge is 0.0997 e. The van der Waals surface area contributed by atoms with Gasteiger partial charge >= 0.3 is 0 Å². The lowest BCUT2D eigenvalue weighted by atomic mass is 10.1. The molecule has 0 spiro atoms. The van der Waals surface area contributed by atoms with Crippen molar-refractivity contribution in [3.05, 3.63) is 41.7 Å². The molecule has 18 heavy (non-hydrogen) atoms. The van der Waals surface area contributed by atoms with E-state index in [4.69, 9.17) is 0 Å². The minimum absolute atomic E-state index is 0.324. The highest BCUT2D eigenvalue weighted by atomic mass is 15.1. The Balaban J connectivity index is 2.30. The zero-order valence-corrected chi connectivity index (χ0v) is 11.4. The second kappa shape index (κ2) is 5.31. The standard InChI is InChI=1S/C14H20N4/c1-5-13(15-4)14-7-6-12(8-16-14)18-9-17-10(2)11(18)3/h6-9,13,15H,5H2,1-4H3. The number of imidazole rings is 1. The monoisotopic (exact) mass is 244 g/mol. The van der Waals surface area contributed by atoms with Crippen molar-refractivity contribution in [2.24, 2.45) is 0 Å². The van der Waals surface area contributed by atoms with Gasteiger partial charge in [0.2, 0.25) is 0 Å².